The Kier molecular flexibility index (Phi) is 6.50. The number of anilines is 2. The van der Waals surface area contributed by atoms with Crippen LogP contribution in [0.4, 0.5) is 16.6 Å². The Bertz CT molecular complexity index is 885. The molecule has 2 aromatic rings. The molecule has 0 aliphatic carbocycles. The van der Waals surface area contributed by atoms with Crippen molar-refractivity contribution in [3.63, 3.8) is 0 Å². The molecule has 2 saturated heterocycles. The van der Waals surface area contributed by atoms with E-state index in [4.69, 9.17) is 9.47 Å². The number of ether oxygens (including phenoxy) is 2. The first kappa shape index (κ1) is 21.3. The predicted molar refractivity (Wildman–Crippen MR) is 117 cm³/mol. The van der Waals surface area contributed by atoms with Crippen molar-refractivity contribution in [1.29, 1.82) is 0 Å². The molecular weight excluding hydrogens is 396 g/mol. The maximum atomic E-state index is 12.2. The zero-order chi connectivity index (χ0) is 21.8. The lowest BCUT2D eigenvalue weighted by Crippen LogP contribution is -2.37. The van der Waals surface area contributed by atoms with Crippen LogP contribution in [-0.2, 0) is 4.74 Å². The first-order valence-electron chi connectivity index (χ1n) is 10.9. The summed E-state index contributed by atoms with van der Waals surface area (Å²) in [5.41, 5.74) is 0.993. The van der Waals surface area contributed by atoms with Crippen molar-refractivity contribution in [3.8, 4) is 5.88 Å². The second-order valence-electron chi connectivity index (χ2n) is 8.36. The summed E-state index contributed by atoms with van der Waals surface area (Å²) < 4.78 is 11.2. The lowest BCUT2D eigenvalue weighted by atomic mass is 10.0. The van der Waals surface area contributed by atoms with Crippen molar-refractivity contribution in [3.05, 3.63) is 36.2 Å². The molecule has 0 bridgehead atoms. The van der Waals surface area contributed by atoms with Crippen LogP contribution in [0.2, 0.25) is 0 Å². The molecule has 2 aromatic heterocycles. The third kappa shape index (κ3) is 5.04. The highest BCUT2D eigenvalue weighted by molar-refractivity contribution is 5.89. The summed E-state index contributed by atoms with van der Waals surface area (Å²) in [4.78, 5) is 27.2. The van der Waals surface area contributed by atoms with Gasteiger partial charge in [-0.3, -0.25) is 4.90 Å². The van der Waals surface area contributed by atoms with Gasteiger partial charge in [-0.05, 0) is 50.4 Å². The molecule has 0 saturated carbocycles. The monoisotopic (exact) mass is 426 g/mol. The van der Waals surface area contributed by atoms with Crippen molar-refractivity contribution in [2.45, 2.75) is 51.8 Å². The van der Waals surface area contributed by atoms with Crippen LogP contribution < -0.4 is 20.3 Å². The molecule has 4 heterocycles. The molecule has 31 heavy (non-hydrogen) atoms. The Morgan fingerprint density at radius 2 is 2.00 bits per heavy atom. The summed E-state index contributed by atoms with van der Waals surface area (Å²) in [5, 5.41) is 6.62. The lowest BCUT2D eigenvalue weighted by molar-refractivity contribution is 0.156. The van der Waals surface area contributed by atoms with Gasteiger partial charge >= 0.3 is 6.09 Å². The molecule has 166 valence electrons. The molecule has 2 aliphatic heterocycles. The number of amides is 1. The molecule has 1 amide bonds. The van der Waals surface area contributed by atoms with E-state index in [9.17, 15) is 4.79 Å². The van der Waals surface area contributed by atoms with E-state index in [0.29, 0.717) is 24.3 Å². The first-order chi connectivity index (χ1) is 15.0. The highest BCUT2D eigenvalue weighted by atomic mass is 16.6. The molecule has 0 aromatic carbocycles. The normalized spacial score (nSPS) is 20.6. The molecule has 9 nitrogen and oxygen atoms in total. The molecule has 0 spiro atoms. The van der Waals surface area contributed by atoms with E-state index in [1.54, 1.807) is 17.2 Å². The Morgan fingerprint density at radius 1 is 1.19 bits per heavy atom. The fraction of sp³-hybridized carbons (Fsp3) is 0.545. The Balaban J connectivity index is 1.41. The molecule has 0 radical (unpaired) electrons. The predicted octanol–water partition coefficient (Wildman–Crippen LogP) is 3.16. The number of hydrogen-bond acceptors (Lipinski definition) is 8. The Labute approximate surface area is 182 Å². The van der Waals surface area contributed by atoms with Crippen LogP contribution in [0.15, 0.2) is 30.6 Å². The van der Waals surface area contributed by atoms with Crippen molar-refractivity contribution in [2.75, 3.05) is 29.9 Å². The molecule has 2 aliphatic rings. The maximum Gasteiger partial charge on any atom is 0.415 e. The van der Waals surface area contributed by atoms with Gasteiger partial charge in [0.1, 0.15) is 18.5 Å². The van der Waals surface area contributed by atoms with Crippen LogP contribution in [-0.4, -0.2) is 52.9 Å². The summed E-state index contributed by atoms with van der Waals surface area (Å²) in [6.45, 7) is 8.48. The van der Waals surface area contributed by atoms with Crippen LogP contribution >= 0.6 is 0 Å². The number of rotatable bonds is 7. The number of pyridine rings is 1. The van der Waals surface area contributed by atoms with Crippen LogP contribution in [0.5, 0.6) is 5.88 Å². The minimum absolute atomic E-state index is 0.0376. The highest BCUT2D eigenvalue weighted by Gasteiger charge is 2.37. The number of carbonyl (C=O) groups is 1. The third-order valence-corrected chi connectivity index (χ3v) is 5.74. The molecule has 4 rings (SSSR count). The zero-order valence-electron chi connectivity index (χ0n) is 18.2. The van der Waals surface area contributed by atoms with E-state index in [2.05, 4.69) is 39.4 Å². The van der Waals surface area contributed by atoms with E-state index in [-0.39, 0.29) is 30.2 Å². The fourth-order valence-corrected chi connectivity index (χ4v) is 3.82. The molecule has 2 fully saturated rings. The van der Waals surface area contributed by atoms with Gasteiger partial charge in [0.25, 0.3) is 0 Å². The van der Waals surface area contributed by atoms with E-state index in [0.717, 1.165) is 31.5 Å². The van der Waals surface area contributed by atoms with Gasteiger partial charge in [-0.2, -0.15) is 4.98 Å². The van der Waals surface area contributed by atoms with E-state index in [1.807, 2.05) is 25.3 Å². The van der Waals surface area contributed by atoms with Crippen molar-refractivity contribution in [1.82, 2.24) is 20.3 Å². The van der Waals surface area contributed by atoms with Gasteiger partial charge in [0.2, 0.25) is 11.8 Å². The van der Waals surface area contributed by atoms with E-state index in [1.165, 1.54) is 0 Å². The quantitative estimate of drug-likeness (QED) is 0.696. The molecule has 2 atom stereocenters. The molecule has 2 N–H and O–H groups in total. The van der Waals surface area contributed by atoms with Crippen molar-refractivity contribution in [2.24, 2.45) is 5.92 Å². The number of cyclic esters (lactones) is 1. The average Bonchev–Trinajstić information content (AvgIpc) is 3.17. The van der Waals surface area contributed by atoms with Crippen LogP contribution in [0.25, 0.3) is 0 Å². The van der Waals surface area contributed by atoms with E-state index < -0.39 is 0 Å². The van der Waals surface area contributed by atoms with Crippen molar-refractivity contribution >= 4 is 17.9 Å². The van der Waals surface area contributed by atoms with Crippen LogP contribution in [0.3, 0.4) is 0 Å². The maximum absolute atomic E-state index is 12.2. The van der Waals surface area contributed by atoms with Crippen molar-refractivity contribution < 1.29 is 14.3 Å². The molecular formula is C22H30N6O3. The summed E-state index contributed by atoms with van der Waals surface area (Å²) in [6, 6.07) is 5.52. The number of nitrogens with zero attached hydrogens (tertiary/aromatic N) is 4. The first-order valence-corrected chi connectivity index (χ1v) is 10.9. The third-order valence-electron chi connectivity index (χ3n) is 5.74. The molecule has 0 unspecified atom stereocenters. The van der Waals surface area contributed by atoms with Gasteiger partial charge in [-0.25, -0.2) is 14.8 Å². The van der Waals surface area contributed by atoms with Gasteiger partial charge in [0.05, 0.1) is 12.1 Å². The van der Waals surface area contributed by atoms with Gasteiger partial charge in [0, 0.05) is 18.5 Å². The summed E-state index contributed by atoms with van der Waals surface area (Å²) in [5.74, 6) is 1.89. The van der Waals surface area contributed by atoms with Crippen LogP contribution in [0.1, 0.15) is 45.2 Å². The smallest absolute Gasteiger partial charge is 0.415 e. The second kappa shape index (κ2) is 9.47. The number of carbonyl (C=O) groups excluding carboxylic acids is 1. The van der Waals surface area contributed by atoms with Gasteiger partial charge < -0.3 is 20.1 Å². The number of nitrogens with one attached hydrogen (secondary N) is 2. The summed E-state index contributed by atoms with van der Waals surface area (Å²) in [6.07, 6.45) is 5.30. The zero-order valence-corrected chi connectivity index (χ0v) is 18.2. The Morgan fingerprint density at radius 3 is 2.71 bits per heavy atom. The van der Waals surface area contributed by atoms with E-state index >= 15 is 0 Å². The molecule has 9 heteroatoms. The summed E-state index contributed by atoms with van der Waals surface area (Å²) in [7, 11) is 0. The fourth-order valence-electron chi connectivity index (χ4n) is 3.82. The Hall–Kier alpha value is -2.94. The summed E-state index contributed by atoms with van der Waals surface area (Å²) >= 11 is 0. The largest absolute Gasteiger partial charge is 0.474 e. The minimum Gasteiger partial charge on any atom is -0.474 e. The minimum atomic E-state index is -0.370. The standard InChI is InChI=1S/C22H30N6O3/c1-14(2)18-13-30-22(29)28(18)19-8-11-24-21(27-19)26-15(3)16-4-5-20(25-12-16)31-17-6-9-23-10-7-17/h4-5,8,11-12,14-15,17-18,23H,6-7,9-10,13H2,1-3H3,(H,24,26,27)/t15-,18+/m0/s1. The number of piperidine rings is 1. The van der Waals surface area contributed by atoms with Gasteiger partial charge in [0.15, 0.2) is 0 Å². The van der Waals surface area contributed by atoms with Crippen LogP contribution in [0, 0.1) is 5.92 Å². The SMILES string of the molecule is CC(C)[C@H]1COC(=O)N1c1ccnc(N[C@@H](C)c2ccc(OC3CCNCC3)nc2)n1. The second-order valence-corrected chi connectivity index (χ2v) is 8.36. The highest BCUT2D eigenvalue weighted by Crippen LogP contribution is 2.27. The lowest BCUT2D eigenvalue weighted by Gasteiger charge is -2.24. The topological polar surface area (TPSA) is 102 Å². The number of aromatic nitrogens is 3. The van der Waals surface area contributed by atoms with Gasteiger partial charge in [-0.1, -0.05) is 19.9 Å². The van der Waals surface area contributed by atoms with Gasteiger partial charge in [-0.15, -0.1) is 0 Å². The number of hydrogen-bond donors (Lipinski definition) is 2. The average molecular weight is 427 g/mol.